The fourth-order valence-electron chi connectivity index (χ4n) is 3.40. The van der Waals surface area contributed by atoms with Crippen molar-refractivity contribution in [2.75, 3.05) is 38.0 Å². The molecule has 2 aromatic rings. The zero-order chi connectivity index (χ0) is 21.5. The number of benzene rings is 2. The normalized spacial score (nSPS) is 16.1. The van der Waals surface area contributed by atoms with E-state index in [1.165, 1.54) is 0 Å². The lowest BCUT2D eigenvalue weighted by Gasteiger charge is -2.37. The number of hydrogen-bond acceptors (Lipinski definition) is 4. The molecule has 0 aromatic heterocycles. The van der Waals surface area contributed by atoms with E-state index >= 15 is 0 Å². The van der Waals surface area contributed by atoms with Crippen LogP contribution < -0.4 is 10.6 Å². The topological polar surface area (TPSA) is 64.7 Å². The predicted octanol–water partition coefficient (Wildman–Crippen LogP) is 3.25. The third-order valence-electron chi connectivity index (χ3n) is 5.26. The summed E-state index contributed by atoms with van der Waals surface area (Å²) < 4.78 is 0. The van der Waals surface area contributed by atoms with Gasteiger partial charge in [0.1, 0.15) is 0 Å². The van der Waals surface area contributed by atoms with Gasteiger partial charge in [0.25, 0.3) is 0 Å². The van der Waals surface area contributed by atoms with Crippen LogP contribution >= 0.6 is 23.2 Å². The van der Waals surface area contributed by atoms with Crippen molar-refractivity contribution in [2.24, 2.45) is 0 Å². The van der Waals surface area contributed by atoms with E-state index in [-0.39, 0.29) is 17.9 Å². The van der Waals surface area contributed by atoms with Crippen LogP contribution in [0.15, 0.2) is 48.5 Å². The molecule has 6 nitrogen and oxygen atoms in total. The third kappa shape index (κ3) is 6.19. The second-order valence-corrected chi connectivity index (χ2v) is 8.14. The fourth-order valence-corrected chi connectivity index (χ4v) is 3.79. The van der Waals surface area contributed by atoms with Crippen molar-refractivity contribution >= 4 is 40.7 Å². The van der Waals surface area contributed by atoms with Gasteiger partial charge in [-0.25, -0.2) is 0 Å². The molecule has 1 fully saturated rings. The van der Waals surface area contributed by atoms with Crippen LogP contribution in [0.5, 0.6) is 0 Å². The summed E-state index contributed by atoms with van der Waals surface area (Å²) >= 11 is 12.2. The van der Waals surface area contributed by atoms with E-state index in [9.17, 15) is 9.59 Å². The smallest absolute Gasteiger partial charge is 0.238 e. The molecule has 2 amide bonds. The minimum Gasteiger partial charge on any atom is -0.351 e. The lowest BCUT2D eigenvalue weighted by Crippen LogP contribution is -2.54. The van der Waals surface area contributed by atoms with Crippen LogP contribution in [0.4, 0.5) is 5.69 Å². The van der Waals surface area contributed by atoms with Crippen LogP contribution in [0, 0.1) is 0 Å². The molecule has 0 aliphatic carbocycles. The van der Waals surface area contributed by atoms with Crippen LogP contribution in [0.25, 0.3) is 0 Å². The van der Waals surface area contributed by atoms with Crippen molar-refractivity contribution in [3.8, 4) is 0 Å². The van der Waals surface area contributed by atoms with Crippen molar-refractivity contribution in [3.05, 3.63) is 64.1 Å². The summed E-state index contributed by atoms with van der Waals surface area (Å²) in [5, 5.41) is 6.97. The van der Waals surface area contributed by atoms with Gasteiger partial charge < -0.3 is 10.6 Å². The van der Waals surface area contributed by atoms with Gasteiger partial charge in [-0.2, -0.15) is 0 Å². The third-order valence-corrected chi connectivity index (χ3v) is 5.96. The van der Waals surface area contributed by atoms with Crippen LogP contribution in [0.3, 0.4) is 0 Å². The Kier molecular flexibility index (Phi) is 8.10. The molecule has 0 saturated carbocycles. The molecule has 0 unspecified atom stereocenters. The minimum absolute atomic E-state index is 0.0279. The number of nitrogens with one attached hydrogen (secondary N) is 2. The second-order valence-electron chi connectivity index (χ2n) is 7.33. The Hall–Kier alpha value is -2.12. The van der Waals surface area contributed by atoms with E-state index < -0.39 is 0 Å². The summed E-state index contributed by atoms with van der Waals surface area (Å²) in [4.78, 5) is 29.0. The molecule has 1 heterocycles. The summed E-state index contributed by atoms with van der Waals surface area (Å²) in [5.41, 5.74) is 1.51. The Balaban J connectivity index is 1.42. The molecule has 2 aromatic carbocycles. The van der Waals surface area contributed by atoms with Gasteiger partial charge in [-0.05, 0) is 30.7 Å². The van der Waals surface area contributed by atoms with Crippen LogP contribution in [0.1, 0.15) is 12.5 Å². The molecule has 160 valence electrons. The summed E-state index contributed by atoms with van der Waals surface area (Å²) in [6.45, 7) is 5.50. The first-order valence-electron chi connectivity index (χ1n) is 9.96. The summed E-state index contributed by atoms with van der Waals surface area (Å²) in [7, 11) is 0. The molecule has 30 heavy (non-hydrogen) atoms. The maximum absolute atomic E-state index is 12.5. The van der Waals surface area contributed by atoms with Crippen molar-refractivity contribution in [2.45, 2.75) is 19.5 Å². The Morgan fingerprint density at radius 3 is 2.27 bits per heavy atom. The standard InChI is InChI=1S/C22H26Cl2N4O2/c1-16(22(30)25-14-17-6-2-3-7-18(17)23)28-12-10-27(11-13-28)15-21(29)26-20-9-5-4-8-19(20)24/h2-9,16H,10-15H2,1H3,(H,25,30)(H,26,29)/t16-/m1/s1. The lowest BCUT2D eigenvalue weighted by molar-refractivity contribution is -0.127. The van der Waals surface area contributed by atoms with Gasteiger partial charge >= 0.3 is 0 Å². The van der Waals surface area contributed by atoms with Crippen molar-refractivity contribution < 1.29 is 9.59 Å². The molecule has 0 spiro atoms. The molecular weight excluding hydrogens is 423 g/mol. The van der Waals surface area contributed by atoms with Gasteiger partial charge in [0.2, 0.25) is 11.8 Å². The Morgan fingerprint density at radius 1 is 0.967 bits per heavy atom. The molecule has 3 rings (SSSR count). The van der Waals surface area contributed by atoms with Crippen molar-refractivity contribution in [3.63, 3.8) is 0 Å². The number of carbonyl (C=O) groups excluding carboxylic acids is 2. The SMILES string of the molecule is C[C@H](C(=O)NCc1ccccc1Cl)N1CCN(CC(=O)Nc2ccccc2Cl)CC1. The number of piperazine rings is 1. The monoisotopic (exact) mass is 448 g/mol. The lowest BCUT2D eigenvalue weighted by atomic mass is 10.2. The summed E-state index contributed by atoms with van der Waals surface area (Å²) in [6.07, 6.45) is 0. The first kappa shape index (κ1) is 22.6. The second kappa shape index (κ2) is 10.8. The van der Waals surface area contributed by atoms with Gasteiger partial charge in [0, 0.05) is 37.7 Å². The summed E-state index contributed by atoms with van der Waals surface area (Å²) in [6, 6.07) is 14.4. The van der Waals surface area contributed by atoms with Gasteiger partial charge in [-0.15, -0.1) is 0 Å². The quantitative estimate of drug-likeness (QED) is 0.681. The number of amides is 2. The highest BCUT2D eigenvalue weighted by molar-refractivity contribution is 6.33. The Labute approximate surface area is 187 Å². The highest BCUT2D eigenvalue weighted by Crippen LogP contribution is 2.20. The van der Waals surface area contributed by atoms with Crippen LogP contribution in [-0.2, 0) is 16.1 Å². The van der Waals surface area contributed by atoms with E-state index in [0.717, 1.165) is 31.7 Å². The highest BCUT2D eigenvalue weighted by atomic mass is 35.5. The number of nitrogens with zero attached hydrogens (tertiary/aromatic N) is 2. The molecule has 0 radical (unpaired) electrons. The molecule has 1 aliphatic rings. The first-order chi connectivity index (χ1) is 14.4. The fraction of sp³-hybridized carbons (Fsp3) is 0.364. The molecule has 2 N–H and O–H groups in total. The zero-order valence-corrected chi connectivity index (χ0v) is 18.4. The number of rotatable bonds is 7. The maximum atomic E-state index is 12.5. The van der Waals surface area contributed by atoms with Crippen LogP contribution in [-0.4, -0.2) is 60.4 Å². The van der Waals surface area contributed by atoms with E-state index in [4.69, 9.17) is 23.2 Å². The number of halogens is 2. The van der Waals surface area contributed by atoms with Gasteiger partial charge in [-0.3, -0.25) is 19.4 Å². The van der Waals surface area contributed by atoms with Gasteiger partial charge in [-0.1, -0.05) is 53.5 Å². The minimum atomic E-state index is -0.244. The van der Waals surface area contributed by atoms with E-state index in [1.54, 1.807) is 12.1 Å². The summed E-state index contributed by atoms with van der Waals surface area (Å²) in [5.74, 6) is -0.123. The average molecular weight is 449 g/mol. The largest absolute Gasteiger partial charge is 0.351 e. The Bertz CT molecular complexity index is 885. The number of anilines is 1. The number of carbonyl (C=O) groups is 2. The zero-order valence-electron chi connectivity index (χ0n) is 16.9. The molecule has 1 atom stereocenters. The first-order valence-corrected chi connectivity index (χ1v) is 10.7. The number of hydrogen-bond donors (Lipinski definition) is 2. The van der Waals surface area contributed by atoms with Crippen molar-refractivity contribution in [1.29, 1.82) is 0 Å². The van der Waals surface area contributed by atoms with Crippen LogP contribution in [0.2, 0.25) is 10.0 Å². The maximum Gasteiger partial charge on any atom is 0.238 e. The molecular formula is C22H26Cl2N4O2. The predicted molar refractivity (Wildman–Crippen MR) is 121 cm³/mol. The van der Waals surface area contributed by atoms with Gasteiger partial charge in [0.05, 0.1) is 23.3 Å². The average Bonchev–Trinajstić information content (AvgIpc) is 2.74. The van der Waals surface area contributed by atoms with E-state index in [1.807, 2.05) is 43.3 Å². The highest BCUT2D eigenvalue weighted by Gasteiger charge is 2.26. The number of para-hydroxylation sites is 1. The molecule has 1 saturated heterocycles. The van der Waals surface area contributed by atoms with E-state index in [0.29, 0.717) is 28.8 Å². The van der Waals surface area contributed by atoms with E-state index in [2.05, 4.69) is 20.4 Å². The van der Waals surface area contributed by atoms with Gasteiger partial charge in [0.15, 0.2) is 0 Å². The molecule has 8 heteroatoms. The molecule has 0 bridgehead atoms. The van der Waals surface area contributed by atoms with Crippen molar-refractivity contribution in [1.82, 2.24) is 15.1 Å². The Morgan fingerprint density at radius 2 is 1.60 bits per heavy atom. The molecule has 1 aliphatic heterocycles.